The highest BCUT2D eigenvalue weighted by Gasteiger charge is 2.24. The molecule has 1 aromatic rings. The molecular formula is C16H22N2O3S. The number of carbonyl (C=O) groups excluding carboxylic acids is 1. The molecule has 1 aromatic carbocycles. The Hall–Kier alpha value is -1.40. The SMILES string of the molecule is CN(C[C@H]1COc2ccccc2O1)C(=O)CN1CCSCC1. The van der Waals surface area contributed by atoms with Gasteiger partial charge in [-0.2, -0.15) is 11.8 Å². The van der Waals surface area contributed by atoms with E-state index >= 15 is 0 Å². The molecule has 6 heteroatoms. The quantitative estimate of drug-likeness (QED) is 0.837. The topological polar surface area (TPSA) is 42.0 Å². The Kier molecular flexibility index (Phi) is 5.10. The predicted molar refractivity (Wildman–Crippen MR) is 87.8 cm³/mol. The van der Waals surface area contributed by atoms with Crippen molar-refractivity contribution in [3.8, 4) is 11.5 Å². The Balaban J connectivity index is 1.49. The lowest BCUT2D eigenvalue weighted by Crippen LogP contribution is -2.46. The maximum absolute atomic E-state index is 12.3. The molecule has 120 valence electrons. The highest BCUT2D eigenvalue weighted by molar-refractivity contribution is 7.99. The summed E-state index contributed by atoms with van der Waals surface area (Å²) in [7, 11) is 1.84. The molecule has 1 fully saturated rings. The van der Waals surface area contributed by atoms with Crippen LogP contribution in [0.4, 0.5) is 0 Å². The zero-order valence-electron chi connectivity index (χ0n) is 12.9. The summed E-state index contributed by atoms with van der Waals surface area (Å²) in [5, 5.41) is 0. The third-order valence-electron chi connectivity index (χ3n) is 3.93. The van der Waals surface area contributed by atoms with Crippen LogP contribution >= 0.6 is 11.8 Å². The molecule has 5 nitrogen and oxygen atoms in total. The summed E-state index contributed by atoms with van der Waals surface area (Å²) in [6.45, 7) is 3.54. The summed E-state index contributed by atoms with van der Waals surface area (Å²) >= 11 is 1.95. The number of amides is 1. The molecular weight excluding hydrogens is 300 g/mol. The van der Waals surface area contributed by atoms with Crippen molar-refractivity contribution < 1.29 is 14.3 Å². The highest BCUT2D eigenvalue weighted by atomic mass is 32.2. The van der Waals surface area contributed by atoms with E-state index in [2.05, 4.69) is 4.90 Å². The number of thioether (sulfide) groups is 1. The second-order valence-corrected chi connectivity index (χ2v) is 6.89. The second-order valence-electron chi connectivity index (χ2n) is 5.66. The van der Waals surface area contributed by atoms with Gasteiger partial charge in [-0.05, 0) is 12.1 Å². The monoisotopic (exact) mass is 322 g/mol. The first-order chi connectivity index (χ1) is 10.7. The largest absolute Gasteiger partial charge is 0.486 e. The van der Waals surface area contributed by atoms with Crippen LogP contribution in [-0.2, 0) is 4.79 Å². The number of likely N-dealkylation sites (N-methyl/N-ethyl adjacent to an activating group) is 1. The van der Waals surface area contributed by atoms with Crippen LogP contribution in [0.2, 0.25) is 0 Å². The van der Waals surface area contributed by atoms with Gasteiger partial charge in [0, 0.05) is 31.6 Å². The Labute approximate surface area is 135 Å². The van der Waals surface area contributed by atoms with E-state index in [9.17, 15) is 4.79 Å². The van der Waals surface area contributed by atoms with Crippen LogP contribution in [0.3, 0.4) is 0 Å². The van der Waals surface area contributed by atoms with Crippen LogP contribution in [-0.4, -0.2) is 73.2 Å². The molecule has 1 atom stereocenters. The normalized spacial score (nSPS) is 21.4. The smallest absolute Gasteiger partial charge is 0.236 e. The summed E-state index contributed by atoms with van der Waals surface area (Å²) < 4.78 is 11.6. The van der Waals surface area contributed by atoms with Crippen molar-refractivity contribution in [2.45, 2.75) is 6.10 Å². The number of para-hydroxylation sites is 2. The second kappa shape index (κ2) is 7.24. The third kappa shape index (κ3) is 3.87. The molecule has 22 heavy (non-hydrogen) atoms. The number of nitrogens with zero attached hydrogens (tertiary/aromatic N) is 2. The number of hydrogen-bond acceptors (Lipinski definition) is 5. The maximum atomic E-state index is 12.3. The molecule has 0 saturated carbocycles. The fraction of sp³-hybridized carbons (Fsp3) is 0.562. The third-order valence-corrected chi connectivity index (χ3v) is 4.88. The molecule has 0 unspecified atom stereocenters. The van der Waals surface area contributed by atoms with Gasteiger partial charge in [-0.15, -0.1) is 0 Å². The van der Waals surface area contributed by atoms with Gasteiger partial charge in [0.2, 0.25) is 5.91 Å². The Morgan fingerprint density at radius 1 is 1.32 bits per heavy atom. The molecule has 2 aliphatic rings. The van der Waals surface area contributed by atoms with Gasteiger partial charge in [0.1, 0.15) is 6.61 Å². The molecule has 0 aliphatic carbocycles. The Morgan fingerprint density at radius 2 is 2.05 bits per heavy atom. The summed E-state index contributed by atoms with van der Waals surface area (Å²) in [5.74, 6) is 3.92. The fourth-order valence-corrected chi connectivity index (χ4v) is 3.61. The maximum Gasteiger partial charge on any atom is 0.236 e. The van der Waals surface area contributed by atoms with E-state index < -0.39 is 0 Å². The summed E-state index contributed by atoms with van der Waals surface area (Å²) in [4.78, 5) is 16.3. The Bertz CT molecular complexity index is 520. The first-order valence-corrected chi connectivity index (χ1v) is 8.80. The molecule has 0 aromatic heterocycles. The molecule has 0 bridgehead atoms. The lowest BCUT2D eigenvalue weighted by atomic mass is 10.2. The number of rotatable bonds is 4. The van der Waals surface area contributed by atoms with Crippen molar-refractivity contribution in [1.82, 2.24) is 9.80 Å². The lowest BCUT2D eigenvalue weighted by molar-refractivity contribution is -0.132. The number of ether oxygens (including phenoxy) is 2. The van der Waals surface area contributed by atoms with Crippen molar-refractivity contribution >= 4 is 17.7 Å². The van der Waals surface area contributed by atoms with E-state index in [-0.39, 0.29) is 12.0 Å². The van der Waals surface area contributed by atoms with E-state index in [4.69, 9.17) is 9.47 Å². The summed E-state index contributed by atoms with van der Waals surface area (Å²) in [6.07, 6.45) is -0.110. The molecule has 2 aliphatic heterocycles. The van der Waals surface area contributed by atoms with Crippen LogP contribution in [0.5, 0.6) is 11.5 Å². The van der Waals surface area contributed by atoms with E-state index in [1.165, 1.54) is 0 Å². The summed E-state index contributed by atoms with van der Waals surface area (Å²) in [5.41, 5.74) is 0. The highest BCUT2D eigenvalue weighted by Crippen LogP contribution is 2.30. The number of hydrogen-bond donors (Lipinski definition) is 0. The first kappa shape index (κ1) is 15.5. The standard InChI is InChI=1S/C16H22N2O3S/c1-17(16(19)11-18-6-8-22-9-7-18)10-13-12-20-14-4-2-3-5-15(14)21-13/h2-5,13H,6-12H2,1H3/t13-/m0/s1. The molecule has 0 radical (unpaired) electrons. The van der Waals surface area contributed by atoms with Crippen LogP contribution in [0.25, 0.3) is 0 Å². The molecule has 2 heterocycles. The number of benzene rings is 1. The van der Waals surface area contributed by atoms with Crippen LogP contribution in [0, 0.1) is 0 Å². The van der Waals surface area contributed by atoms with E-state index in [1.807, 2.05) is 43.1 Å². The number of carbonyl (C=O) groups is 1. The van der Waals surface area contributed by atoms with Crippen molar-refractivity contribution in [3.05, 3.63) is 24.3 Å². The van der Waals surface area contributed by atoms with Gasteiger partial charge in [-0.3, -0.25) is 9.69 Å². The minimum absolute atomic E-state index is 0.110. The van der Waals surface area contributed by atoms with Crippen LogP contribution < -0.4 is 9.47 Å². The molecule has 3 rings (SSSR count). The van der Waals surface area contributed by atoms with Gasteiger partial charge >= 0.3 is 0 Å². The van der Waals surface area contributed by atoms with Gasteiger partial charge in [0.05, 0.1) is 13.1 Å². The predicted octanol–water partition coefficient (Wildman–Crippen LogP) is 1.33. The molecule has 0 spiro atoms. The van der Waals surface area contributed by atoms with Crippen molar-refractivity contribution in [1.29, 1.82) is 0 Å². The van der Waals surface area contributed by atoms with Gasteiger partial charge in [-0.1, -0.05) is 12.1 Å². The lowest BCUT2D eigenvalue weighted by Gasteiger charge is -2.31. The van der Waals surface area contributed by atoms with Gasteiger partial charge in [0.25, 0.3) is 0 Å². The molecule has 0 N–H and O–H groups in total. The summed E-state index contributed by atoms with van der Waals surface area (Å²) in [6, 6.07) is 7.65. The minimum Gasteiger partial charge on any atom is -0.486 e. The van der Waals surface area contributed by atoms with Gasteiger partial charge in [0.15, 0.2) is 17.6 Å². The zero-order valence-corrected chi connectivity index (χ0v) is 13.7. The van der Waals surface area contributed by atoms with E-state index in [0.29, 0.717) is 19.7 Å². The minimum atomic E-state index is -0.110. The van der Waals surface area contributed by atoms with E-state index in [1.54, 1.807) is 4.90 Å². The average molecular weight is 322 g/mol. The van der Waals surface area contributed by atoms with Gasteiger partial charge in [-0.25, -0.2) is 0 Å². The fourth-order valence-electron chi connectivity index (χ4n) is 2.63. The van der Waals surface area contributed by atoms with Crippen LogP contribution in [0.1, 0.15) is 0 Å². The van der Waals surface area contributed by atoms with E-state index in [0.717, 1.165) is 36.1 Å². The zero-order chi connectivity index (χ0) is 15.4. The molecule has 1 saturated heterocycles. The average Bonchev–Trinajstić information content (AvgIpc) is 2.55. The number of fused-ring (bicyclic) bond motifs is 1. The van der Waals surface area contributed by atoms with Crippen LogP contribution in [0.15, 0.2) is 24.3 Å². The molecule has 1 amide bonds. The Morgan fingerprint density at radius 3 is 2.82 bits per heavy atom. The van der Waals surface area contributed by atoms with Crippen molar-refractivity contribution in [3.63, 3.8) is 0 Å². The first-order valence-electron chi connectivity index (χ1n) is 7.65. The van der Waals surface area contributed by atoms with Gasteiger partial charge < -0.3 is 14.4 Å². The van der Waals surface area contributed by atoms with Crippen molar-refractivity contribution in [2.24, 2.45) is 0 Å². The van der Waals surface area contributed by atoms with Crippen molar-refractivity contribution in [2.75, 3.05) is 51.3 Å².